The first-order valence-electron chi connectivity index (χ1n) is 9.08. The molecule has 0 radical (unpaired) electrons. The van der Waals surface area contributed by atoms with E-state index in [0.29, 0.717) is 10.7 Å². The van der Waals surface area contributed by atoms with Crippen LogP contribution in [0.15, 0.2) is 53.7 Å². The number of carbonyl (C=O) groups is 1. The van der Waals surface area contributed by atoms with Gasteiger partial charge in [-0.3, -0.25) is 9.20 Å². The minimum absolute atomic E-state index is 0.0794. The molecule has 0 aliphatic rings. The Hall–Kier alpha value is -2.86. The van der Waals surface area contributed by atoms with Crippen molar-refractivity contribution in [3.8, 4) is 5.75 Å². The van der Waals surface area contributed by atoms with Gasteiger partial charge in [-0.1, -0.05) is 41.6 Å². The van der Waals surface area contributed by atoms with Gasteiger partial charge in [0.05, 0.1) is 17.9 Å². The van der Waals surface area contributed by atoms with Crippen molar-refractivity contribution in [2.75, 3.05) is 7.11 Å². The van der Waals surface area contributed by atoms with Gasteiger partial charge in [-0.25, -0.2) is 0 Å². The van der Waals surface area contributed by atoms with Crippen molar-refractivity contribution in [2.45, 2.75) is 31.2 Å². The largest absolute Gasteiger partial charge is 0.497 e. The lowest BCUT2D eigenvalue weighted by molar-refractivity contribution is 0.0994. The van der Waals surface area contributed by atoms with E-state index >= 15 is 0 Å². The molecule has 0 aliphatic heterocycles. The number of aryl methyl sites for hydroxylation is 2. The van der Waals surface area contributed by atoms with Gasteiger partial charge >= 0.3 is 0 Å². The third-order valence-corrected chi connectivity index (χ3v) is 5.90. The molecule has 6 heteroatoms. The van der Waals surface area contributed by atoms with E-state index in [2.05, 4.69) is 17.1 Å². The number of benzene rings is 2. The molecule has 0 spiro atoms. The quantitative estimate of drug-likeness (QED) is 0.359. The number of fused-ring (bicyclic) bond motifs is 3. The number of nitrogens with zero attached hydrogens (tertiary/aromatic N) is 3. The van der Waals surface area contributed by atoms with Gasteiger partial charge in [0.25, 0.3) is 0 Å². The molecule has 1 atom stereocenters. The molecule has 0 saturated carbocycles. The summed E-state index contributed by atoms with van der Waals surface area (Å²) in [5.41, 5.74) is 4.70. The Morgan fingerprint density at radius 3 is 2.54 bits per heavy atom. The second kappa shape index (κ2) is 7.28. The van der Waals surface area contributed by atoms with E-state index in [4.69, 9.17) is 4.74 Å². The van der Waals surface area contributed by atoms with Crippen molar-refractivity contribution >= 4 is 34.1 Å². The van der Waals surface area contributed by atoms with E-state index in [1.807, 2.05) is 66.8 Å². The summed E-state index contributed by atoms with van der Waals surface area (Å²) in [6.45, 7) is 5.97. The van der Waals surface area contributed by atoms with Crippen LogP contribution in [0.2, 0.25) is 0 Å². The molecule has 142 valence electrons. The van der Waals surface area contributed by atoms with E-state index in [9.17, 15) is 4.79 Å². The molecule has 2 aromatic carbocycles. The van der Waals surface area contributed by atoms with E-state index in [1.54, 1.807) is 7.11 Å². The van der Waals surface area contributed by atoms with Crippen molar-refractivity contribution in [1.29, 1.82) is 0 Å². The second-order valence-electron chi connectivity index (χ2n) is 6.88. The number of methoxy groups -OCH3 is 1. The van der Waals surface area contributed by atoms with Crippen molar-refractivity contribution in [2.24, 2.45) is 0 Å². The average molecular weight is 391 g/mol. The fraction of sp³-hybridized carbons (Fsp3) is 0.227. The fourth-order valence-electron chi connectivity index (χ4n) is 3.27. The summed E-state index contributed by atoms with van der Waals surface area (Å²) in [6, 6.07) is 15.6. The molecule has 0 bridgehead atoms. The molecular formula is C22H21N3O2S. The van der Waals surface area contributed by atoms with Crippen LogP contribution in [0, 0.1) is 13.8 Å². The average Bonchev–Trinajstić information content (AvgIpc) is 3.10. The Morgan fingerprint density at radius 2 is 1.82 bits per heavy atom. The fourth-order valence-corrected chi connectivity index (χ4v) is 4.21. The van der Waals surface area contributed by atoms with Crippen molar-refractivity contribution in [3.63, 3.8) is 0 Å². The zero-order chi connectivity index (χ0) is 19.8. The molecule has 5 nitrogen and oxygen atoms in total. The van der Waals surface area contributed by atoms with Crippen LogP contribution in [0.3, 0.4) is 0 Å². The predicted octanol–water partition coefficient (Wildman–Crippen LogP) is 4.87. The topological polar surface area (TPSA) is 56.5 Å². The zero-order valence-electron chi connectivity index (χ0n) is 16.3. The lowest BCUT2D eigenvalue weighted by atomic mass is 10.1. The van der Waals surface area contributed by atoms with Crippen LogP contribution in [0.1, 0.15) is 28.4 Å². The molecule has 1 unspecified atom stereocenters. The lowest BCUT2D eigenvalue weighted by Crippen LogP contribution is -2.14. The number of ketones is 1. The van der Waals surface area contributed by atoms with E-state index in [0.717, 1.165) is 33.4 Å². The summed E-state index contributed by atoms with van der Waals surface area (Å²) in [4.78, 5) is 12.8. The van der Waals surface area contributed by atoms with Crippen LogP contribution < -0.4 is 4.74 Å². The van der Waals surface area contributed by atoms with Crippen LogP contribution in [0.4, 0.5) is 0 Å². The number of aromatic nitrogens is 3. The molecule has 4 aromatic rings. The number of thioether (sulfide) groups is 1. The molecule has 28 heavy (non-hydrogen) atoms. The maximum atomic E-state index is 12.8. The third kappa shape index (κ3) is 3.24. The first kappa shape index (κ1) is 18.5. The molecule has 0 N–H and O–H groups in total. The summed E-state index contributed by atoms with van der Waals surface area (Å²) in [5.74, 6) is 0.851. The maximum Gasteiger partial charge on any atom is 0.196 e. The Kier molecular flexibility index (Phi) is 4.81. The summed E-state index contributed by atoms with van der Waals surface area (Å²) >= 11 is 1.42. The molecule has 0 amide bonds. The van der Waals surface area contributed by atoms with Gasteiger partial charge in [-0.05, 0) is 44.5 Å². The standard InChI is InChI=1S/C22H21N3O2S/c1-13-5-7-16(8-6-13)21(26)15(3)28-22-24-23-20-11-14(2)18-10-9-17(27-4)12-19(18)25(20)22/h5-12,15H,1-4H3. The van der Waals surface area contributed by atoms with Gasteiger partial charge in [0.15, 0.2) is 16.6 Å². The van der Waals surface area contributed by atoms with Crippen LogP contribution in [-0.4, -0.2) is 32.7 Å². The van der Waals surface area contributed by atoms with Gasteiger partial charge in [0.2, 0.25) is 0 Å². The number of ether oxygens (including phenoxy) is 1. The van der Waals surface area contributed by atoms with Crippen molar-refractivity contribution in [1.82, 2.24) is 14.6 Å². The van der Waals surface area contributed by atoms with Gasteiger partial charge < -0.3 is 4.74 Å². The number of Topliss-reactive ketones (excluding diaryl/α,β-unsaturated/α-hetero) is 1. The maximum absolute atomic E-state index is 12.8. The molecule has 4 rings (SSSR count). The van der Waals surface area contributed by atoms with Crippen molar-refractivity contribution in [3.05, 3.63) is 65.2 Å². The predicted molar refractivity (Wildman–Crippen MR) is 113 cm³/mol. The normalized spacial score (nSPS) is 12.4. The third-order valence-electron chi connectivity index (χ3n) is 4.86. The summed E-state index contributed by atoms with van der Waals surface area (Å²) in [5, 5.41) is 10.2. The Balaban J connectivity index is 1.75. The van der Waals surface area contributed by atoms with Crippen LogP contribution in [0.5, 0.6) is 5.75 Å². The highest BCUT2D eigenvalue weighted by atomic mass is 32.2. The minimum Gasteiger partial charge on any atom is -0.497 e. The number of rotatable bonds is 5. The van der Waals surface area contributed by atoms with Crippen LogP contribution >= 0.6 is 11.8 Å². The number of carbonyl (C=O) groups excluding carboxylic acids is 1. The number of hydrogen-bond acceptors (Lipinski definition) is 5. The van der Waals surface area contributed by atoms with Crippen molar-refractivity contribution < 1.29 is 9.53 Å². The molecule has 0 fully saturated rings. The summed E-state index contributed by atoms with van der Waals surface area (Å²) in [7, 11) is 1.65. The van der Waals surface area contributed by atoms with Gasteiger partial charge in [0, 0.05) is 17.0 Å². The highest BCUT2D eigenvalue weighted by Gasteiger charge is 2.20. The van der Waals surface area contributed by atoms with E-state index in [-0.39, 0.29) is 11.0 Å². The molecule has 2 aromatic heterocycles. The smallest absolute Gasteiger partial charge is 0.196 e. The van der Waals surface area contributed by atoms with Gasteiger partial charge in [0.1, 0.15) is 5.75 Å². The van der Waals surface area contributed by atoms with E-state index < -0.39 is 0 Å². The number of pyridine rings is 1. The SMILES string of the molecule is COc1ccc2c(C)cc3nnc(SC(C)C(=O)c4ccc(C)cc4)n3c2c1. The molecular weight excluding hydrogens is 370 g/mol. The Morgan fingerprint density at radius 1 is 1.07 bits per heavy atom. The lowest BCUT2D eigenvalue weighted by Gasteiger charge is -2.12. The molecule has 2 heterocycles. The molecule has 0 saturated heterocycles. The highest BCUT2D eigenvalue weighted by Crippen LogP contribution is 2.31. The van der Waals surface area contributed by atoms with Gasteiger partial charge in [-0.15, -0.1) is 10.2 Å². The Bertz CT molecular complexity index is 1180. The minimum atomic E-state index is -0.280. The Labute approximate surface area is 167 Å². The highest BCUT2D eigenvalue weighted by molar-refractivity contribution is 8.00. The zero-order valence-corrected chi connectivity index (χ0v) is 17.1. The monoisotopic (exact) mass is 391 g/mol. The first-order chi connectivity index (χ1) is 13.5. The molecule has 0 aliphatic carbocycles. The summed E-state index contributed by atoms with van der Waals surface area (Å²) in [6.07, 6.45) is 0. The summed E-state index contributed by atoms with van der Waals surface area (Å²) < 4.78 is 7.39. The van der Waals surface area contributed by atoms with Crippen LogP contribution in [0.25, 0.3) is 16.6 Å². The number of hydrogen-bond donors (Lipinski definition) is 0. The van der Waals surface area contributed by atoms with Crippen LogP contribution in [-0.2, 0) is 0 Å². The first-order valence-corrected chi connectivity index (χ1v) is 9.96. The second-order valence-corrected chi connectivity index (χ2v) is 8.18. The van der Waals surface area contributed by atoms with E-state index in [1.165, 1.54) is 11.8 Å². The van der Waals surface area contributed by atoms with Gasteiger partial charge in [-0.2, -0.15) is 0 Å².